The number of aliphatic hydroxyl groups is 1. The van der Waals surface area contributed by atoms with E-state index in [0.717, 1.165) is 6.42 Å². The molecular weight excluding hydrogens is 143 g/mol. The standard InChI is InChI=1S/C10H22O.Li.H/c1-2-3-4-5-6-7-8-9-10-11;;/h11H,2-10H2,1H3;;. The Labute approximate surface area is 89.1 Å². The Morgan fingerprint density at radius 2 is 1.17 bits per heavy atom. The van der Waals surface area contributed by atoms with Gasteiger partial charge in [0.25, 0.3) is 0 Å². The van der Waals surface area contributed by atoms with Crippen LogP contribution in [0.2, 0.25) is 0 Å². The molecule has 2 heteroatoms. The van der Waals surface area contributed by atoms with E-state index in [1.165, 1.54) is 44.9 Å². The molecule has 0 spiro atoms. The summed E-state index contributed by atoms with van der Waals surface area (Å²) < 4.78 is 0. The molecule has 0 atom stereocenters. The molecule has 0 unspecified atom stereocenters. The number of hydrogen-bond acceptors (Lipinski definition) is 1. The zero-order valence-electron chi connectivity index (χ0n) is 7.81. The van der Waals surface area contributed by atoms with Crippen LogP contribution < -0.4 is 0 Å². The van der Waals surface area contributed by atoms with Gasteiger partial charge in [-0.05, 0) is 6.42 Å². The molecule has 0 aromatic carbocycles. The molecule has 70 valence electrons. The first-order valence-corrected chi connectivity index (χ1v) is 5.02. The summed E-state index contributed by atoms with van der Waals surface area (Å²) >= 11 is 0. The molecule has 12 heavy (non-hydrogen) atoms. The summed E-state index contributed by atoms with van der Waals surface area (Å²) in [6.45, 7) is 2.61. The van der Waals surface area contributed by atoms with Crippen molar-refractivity contribution in [3.63, 3.8) is 0 Å². The van der Waals surface area contributed by atoms with Gasteiger partial charge in [-0.3, -0.25) is 0 Å². The second kappa shape index (κ2) is 14.1. The van der Waals surface area contributed by atoms with Crippen LogP contribution in [0, 0.1) is 0 Å². The Hall–Kier alpha value is 0.557. The van der Waals surface area contributed by atoms with E-state index in [1.54, 1.807) is 0 Å². The summed E-state index contributed by atoms with van der Waals surface area (Å²) in [6.07, 6.45) is 10.4. The summed E-state index contributed by atoms with van der Waals surface area (Å²) in [5.41, 5.74) is 0. The minimum atomic E-state index is 0. The van der Waals surface area contributed by atoms with E-state index in [9.17, 15) is 0 Å². The van der Waals surface area contributed by atoms with Crippen LogP contribution in [-0.2, 0) is 0 Å². The summed E-state index contributed by atoms with van der Waals surface area (Å²) in [6, 6.07) is 0. The zero-order chi connectivity index (χ0) is 8.36. The number of unbranched alkanes of at least 4 members (excludes halogenated alkanes) is 7. The number of hydrogen-bond donors (Lipinski definition) is 1. The minimum absolute atomic E-state index is 0. The molecule has 0 aliphatic carbocycles. The fourth-order valence-electron chi connectivity index (χ4n) is 1.25. The molecule has 0 aliphatic heterocycles. The van der Waals surface area contributed by atoms with Gasteiger partial charge >= 0.3 is 18.9 Å². The van der Waals surface area contributed by atoms with Crippen molar-refractivity contribution in [1.82, 2.24) is 0 Å². The van der Waals surface area contributed by atoms with Crippen molar-refractivity contribution in [1.29, 1.82) is 0 Å². The summed E-state index contributed by atoms with van der Waals surface area (Å²) in [5, 5.41) is 8.51. The number of rotatable bonds is 8. The molecule has 0 saturated heterocycles. The predicted molar refractivity (Wildman–Crippen MR) is 56.8 cm³/mol. The Morgan fingerprint density at radius 3 is 1.58 bits per heavy atom. The van der Waals surface area contributed by atoms with Crippen LogP contribution in [0.5, 0.6) is 0 Å². The van der Waals surface area contributed by atoms with E-state index in [2.05, 4.69) is 6.92 Å². The van der Waals surface area contributed by atoms with Crippen molar-refractivity contribution in [2.75, 3.05) is 6.61 Å². The van der Waals surface area contributed by atoms with Crippen molar-refractivity contribution in [2.45, 2.75) is 58.3 Å². The van der Waals surface area contributed by atoms with Gasteiger partial charge in [-0.1, -0.05) is 51.9 Å². The van der Waals surface area contributed by atoms with E-state index < -0.39 is 0 Å². The van der Waals surface area contributed by atoms with Crippen molar-refractivity contribution in [2.24, 2.45) is 0 Å². The molecule has 1 nitrogen and oxygen atoms in total. The Kier molecular flexibility index (Phi) is 17.7. The molecule has 0 heterocycles. The summed E-state index contributed by atoms with van der Waals surface area (Å²) in [7, 11) is 0. The molecule has 0 aromatic heterocycles. The first kappa shape index (κ1) is 15.0. The fraction of sp³-hybridized carbons (Fsp3) is 1.00. The molecule has 0 aliphatic rings. The van der Waals surface area contributed by atoms with Crippen molar-refractivity contribution >= 4 is 18.9 Å². The van der Waals surface area contributed by atoms with Gasteiger partial charge in [0.1, 0.15) is 0 Å². The quantitative estimate of drug-likeness (QED) is 0.434. The van der Waals surface area contributed by atoms with E-state index in [0.29, 0.717) is 6.61 Å². The fourth-order valence-corrected chi connectivity index (χ4v) is 1.25. The second-order valence-electron chi connectivity index (χ2n) is 3.20. The van der Waals surface area contributed by atoms with Gasteiger partial charge in [0, 0.05) is 6.61 Å². The van der Waals surface area contributed by atoms with Crippen LogP contribution in [0.3, 0.4) is 0 Å². The van der Waals surface area contributed by atoms with Gasteiger partial charge in [0.05, 0.1) is 0 Å². The Morgan fingerprint density at radius 1 is 0.750 bits per heavy atom. The molecule has 0 aromatic rings. The molecule has 0 amide bonds. The molecule has 0 saturated carbocycles. The zero-order valence-corrected chi connectivity index (χ0v) is 7.81. The van der Waals surface area contributed by atoms with Gasteiger partial charge in [0.15, 0.2) is 0 Å². The van der Waals surface area contributed by atoms with Gasteiger partial charge in [-0.2, -0.15) is 0 Å². The van der Waals surface area contributed by atoms with Crippen LogP contribution in [0.4, 0.5) is 0 Å². The van der Waals surface area contributed by atoms with Crippen LogP contribution in [-0.4, -0.2) is 30.6 Å². The maximum absolute atomic E-state index is 8.51. The van der Waals surface area contributed by atoms with Crippen LogP contribution in [0.1, 0.15) is 58.3 Å². The third-order valence-corrected chi connectivity index (χ3v) is 2.01. The maximum atomic E-state index is 8.51. The van der Waals surface area contributed by atoms with Gasteiger partial charge in [-0.25, -0.2) is 0 Å². The van der Waals surface area contributed by atoms with Gasteiger partial charge < -0.3 is 5.11 Å². The topological polar surface area (TPSA) is 20.2 Å². The van der Waals surface area contributed by atoms with E-state index >= 15 is 0 Å². The normalized spacial score (nSPS) is 9.50. The van der Waals surface area contributed by atoms with E-state index in [4.69, 9.17) is 5.11 Å². The summed E-state index contributed by atoms with van der Waals surface area (Å²) in [4.78, 5) is 0. The van der Waals surface area contributed by atoms with E-state index in [1.807, 2.05) is 0 Å². The van der Waals surface area contributed by atoms with Gasteiger partial charge in [-0.15, -0.1) is 0 Å². The molecule has 1 N–H and O–H groups in total. The van der Waals surface area contributed by atoms with Crippen LogP contribution in [0.15, 0.2) is 0 Å². The first-order valence-electron chi connectivity index (χ1n) is 5.02. The predicted octanol–water partition coefficient (Wildman–Crippen LogP) is 2.47. The molecule has 0 bridgehead atoms. The van der Waals surface area contributed by atoms with Gasteiger partial charge in [0.2, 0.25) is 0 Å². The summed E-state index contributed by atoms with van der Waals surface area (Å²) in [5.74, 6) is 0. The first-order chi connectivity index (χ1) is 5.41. The van der Waals surface area contributed by atoms with Crippen molar-refractivity contribution in [3.8, 4) is 0 Å². The average Bonchev–Trinajstić information content (AvgIpc) is 2.03. The Balaban J connectivity index is 0. The molecule has 0 rings (SSSR count). The molecular formula is C10H23LiO. The number of aliphatic hydroxyl groups excluding tert-OH is 1. The molecule has 0 radical (unpaired) electrons. The Bertz CT molecular complexity index is 58.9. The van der Waals surface area contributed by atoms with Crippen molar-refractivity contribution < 1.29 is 5.11 Å². The SMILES string of the molecule is CCCCCCCCCCO.[LiH]. The van der Waals surface area contributed by atoms with Crippen LogP contribution >= 0.6 is 0 Å². The van der Waals surface area contributed by atoms with Crippen LogP contribution in [0.25, 0.3) is 0 Å². The molecule has 0 fully saturated rings. The third kappa shape index (κ3) is 13.2. The third-order valence-electron chi connectivity index (χ3n) is 2.01. The second-order valence-corrected chi connectivity index (χ2v) is 3.20. The van der Waals surface area contributed by atoms with Crippen molar-refractivity contribution in [3.05, 3.63) is 0 Å². The monoisotopic (exact) mass is 166 g/mol. The van der Waals surface area contributed by atoms with E-state index in [-0.39, 0.29) is 18.9 Å². The average molecular weight is 166 g/mol.